The maximum atomic E-state index is 12.6. The van der Waals surface area contributed by atoms with Crippen molar-refractivity contribution in [2.24, 2.45) is 5.92 Å². The number of anilines is 1. The van der Waals surface area contributed by atoms with Crippen molar-refractivity contribution in [3.63, 3.8) is 0 Å². The van der Waals surface area contributed by atoms with E-state index in [0.29, 0.717) is 19.7 Å². The fraction of sp³-hybridized carbons (Fsp3) is 0.421. The smallest absolute Gasteiger partial charge is 0.409 e. The normalized spacial score (nSPS) is 17.0. The van der Waals surface area contributed by atoms with E-state index < -0.39 is 0 Å². The van der Waals surface area contributed by atoms with E-state index in [0.717, 1.165) is 34.8 Å². The Balaban J connectivity index is 1.59. The summed E-state index contributed by atoms with van der Waals surface area (Å²) < 4.78 is 5.03. The largest absolute Gasteiger partial charge is 0.450 e. The molecule has 1 atom stereocenters. The number of benzene rings is 1. The zero-order chi connectivity index (χ0) is 18.5. The van der Waals surface area contributed by atoms with E-state index in [1.165, 1.54) is 0 Å². The van der Waals surface area contributed by atoms with Crippen molar-refractivity contribution in [3.05, 3.63) is 34.7 Å². The maximum Gasteiger partial charge on any atom is 0.409 e. The highest BCUT2D eigenvalue weighted by Gasteiger charge is 2.29. The lowest BCUT2D eigenvalue weighted by molar-refractivity contribution is -0.121. The van der Waals surface area contributed by atoms with Crippen molar-refractivity contribution in [1.82, 2.24) is 9.88 Å². The molecular weight excluding hydrogens is 350 g/mol. The summed E-state index contributed by atoms with van der Waals surface area (Å²) in [6, 6.07) is 7.67. The Morgan fingerprint density at radius 2 is 2.12 bits per heavy atom. The predicted molar refractivity (Wildman–Crippen MR) is 102 cm³/mol. The molecule has 2 amide bonds. The van der Waals surface area contributed by atoms with E-state index in [9.17, 15) is 9.59 Å². The molecule has 0 radical (unpaired) electrons. The molecule has 0 bridgehead atoms. The van der Waals surface area contributed by atoms with Gasteiger partial charge in [0.15, 0.2) is 0 Å². The second-order valence-corrected chi connectivity index (χ2v) is 7.36. The van der Waals surface area contributed by atoms with Gasteiger partial charge in [0.2, 0.25) is 5.91 Å². The number of amides is 2. The summed E-state index contributed by atoms with van der Waals surface area (Å²) in [5.41, 5.74) is 2.72. The van der Waals surface area contributed by atoms with E-state index in [1.54, 1.807) is 23.2 Å². The lowest BCUT2D eigenvalue weighted by Gasteiger charge is -2.31. The molecule has 6 nitrogen and oxygen atoms in total. The van der Waals surface area contributed by atoms with Crippen molar-refractivity contribution in [2.45, 2.75) is 26.7 Å². The van der Waals surface area contributed by atoms with E-state index in [4.69, 9.17) is 4.74 Å². The number of likely N-dealkylation sites (tertiary alicyclic amines) is 1. The molecule has 2 aromatic rings. The van der Waals surface area contributed by atoms with Crippen LogP contribution < -0.4 is 5.32 Å². The Morgan fingerprint density at radius 1 is 1.35 bits per heavy atom. The van der Waals surface area contributed by atoms with Crippen LogP contribution in [0.1, 0.15) is 24.8 Å². The monoisotopic (exact) mass is 373 g/mol. The number of aromatic nitrogens is 1. The van der Waals surface area contributed by atoms with Crippen molar-refractivity contribution < 1.29 is 14.3 Å². The Morgan fingerprint density at radius 3 is 2.77 bits per heavy atom. The molecule has 1 aromatic carbocycles. The lowest BCUT2D eigenvalue weighted by atomic mass is 9.97. The molecule has 7 heteroatoms. The molecular formula is C19H23N3O3S. The fourth-order valence-corrected chi connectivity index (χ4v) is 3.66. The van der Waals surface area contributed by atoms with Crippen LogP contribution in [-0.2, 0) is 9.53 Å². The average Bonchev–Trinajstić information content (AvgIpc) is 3.09. The third kappa shape index (κ3) is 4.40. The second-order valence-electron chi connectivity index (χ2n) is 6.30. The van der Waals surface area contributed by atoms with Crippen LogP contribution in [0, 0.1) is 12.8 Å². The third-order valence-corrected chi connectivity index (χ3v) is 5.16. The first-order valence-electron chi connectivity index (χ1n) is 8.82. The number of rotatable bonds is 4. The van der Waals surface area contributed by atoms with E-state index >= 15 is 0 Å². The van der Waals surface area contributed by atoms with Gasteiger partial charge in [-0.25, -0.2) is 9.78 Å². The molecule has 1 aromatic heterocycles. The van der Waals surface area contributed by atoms with E-state index in [-0.39, 0.29) is 17.9 Å². The Hall–Kier alpha value is -2.41. The van der Waals surface area contributed by atoms with Gasteiger partial charge in [-0.05, 0) is 38.8 Å². The number of ether oxygens (including phenoxy) is 1. The molecule has 138 valence electrons. The van der Waals surface area contributed by atoms with Gasteiger partial charge < -0.3 is 15.0 Å². The molecule has 1 N–H and O–H groups in total. The molecule has 0 aliphatic carbocycles. The fourth-order valence-electron chi connectivity index (χ4n) is 3.04. The first kappa shape index (κ1) is 18.4. The zero-order valence-electron chi connectivity index (χ0n) is 15.0. The Kier molecular flexibility index (Phi) is 5.88. The molecule has 1 aliphatic rings. The number of hydrogen-bond donors (Lipinski definition) is 1. The highest BCUT2D eigenvalue weighted by atomic mass is 32.1. The highest BCUT2D eigenvalue weighted by molar-refractivity contribution is 7.09. The first-order chi connectivity index (χ1) is 12.6. The number of hydrogen-bond acceptors (Lipinski definition) is 5. The standard InChI is InChI=1S/C19H23N3O3S/c1-3-25-19(24)22-10-4-5-15(11-22)18(23)21-16-8-6-14(7-9-16)17-12-26-13(2)20-17/h6-9,12,15H,3-5,10-11H2,1-2H3,(H,21,23)/t15-/m0/s1. The predicted octanol–water partition coefficient (Wildman–Crippen LogP) is 3.93. The zero-order valence-corrected chi connectivity index (χ0v) is 15.8. The summed E-state index contributed by atoms with van der Waals surface area (Å²) in [5.74, 6) is -0.273. The topological polar surface area (TPSA) is 71.5 Å². The quantitative estimate of drug-likeness (QED) is 0.881. The molecule has 26 heavy (non-hydrogen) atoms. The minimum absolute atomic E-state index is 0.0590. The van der Waals surface area contributed by atoms with Crippen LogP contribution in [0.15, 0.2) is 29.6 Å². The van der Waals surface area contributed by atoms with Gasteiger partial charge in [-0.1, -0.05) is 12.1 Å². The number of carbonyl (C=O) groups is 2. The van der Waals surface area contributed by atoms with Crippen LogP contribution in [0.2, 0.25) is 0 Å². The van der Waals surface area contributed by atoms with Gasteiger partial charge in [-0.3, -0.25) is 4.79 Å². The van der Waals surface area contributed by atoms with Gasteiger partial charge >= 0.3 is 6.09 Å². The van der Waals surface area contributed by atoms with Crippen molar-refractivity contribution in [1.29, 1.82) is 0 Å². The van der Waals surface area contributed by atoms with Crippen molar-refractivity contribution in [3.8, 4) is 11.3 Å². The summed E-state index contributed by atoms with van der Waals surface area (Å²) in [4.78, 5) is 30.5. The van der Waals surface area contributed by atoms with E-state index in [1.807, 2.05) is 36.6 Å². The Labute approximate surface area is 157 Å². The summed E-state index contributed by atoms with van der Waals surface area (Å²) in [5, 5.41) is 6.00. The van der Waals surface area contributed by atoms with Crippen molar-refractivity contribution >= 4 is 29.0 Å². The molecule has 0 saturated carbocycles. The molecule has 1 saturated heterocycles. The molecule has 3 rings (SSSR count). The molecule has 2 heterocycles. The van der Waals surface area contributed by atoms with Crippen LogP contribution in [0.25, 0.3) is 11.3 Å². The van der Waals surface area contributed by atoms with Crippen LogP contribution in [0.3, 0.4) is 0 Å². The first-order valence-corrected chi connectivity index (χ1v) is 9.70. The minimum Gasteiger partial charge on any atom is -0.450 e. The van der Waals surface area contributed by atoms with Gasteiger partial charge in [-0.15, -0.1) is 11.3 Å². The Bertz CT molecular complexity index is 773. The summed E-state index contributed by atoms with van der Waals surface area (Å²) in [6.07, 6.45) is 1.24. The minimum atomic E-state index is -0.340. The van der Waals surface area contributed by atoms with Gasteiger partial charge in [0.05, 0.1) is 23.2 Å². The van der Waals surface area contributed by atoms with Crippen LogP contribution in [0.4, 0.5) is 10.5 Å². The second kappa shape index (κ2) is 8.31. The highest BCUT2D eigenvalue weighted by Crippen LogP contribution is 2.24. The third-order valence-electron chi connectivity index (χ3n) is 4.39. The maximum absolute atomic E-state index is 12.6. The average molecular weight is 373 g/mol. The number of nitrogens with one attached hydrogen (secondary N) is 1. The lowest BCUT2D eigenvalue weighted by Crippen LogP contribution is -2.44. The number of carbonyl (C=O) groups excluding carboxylic acids is 2. The van der Waals surface area contributed by atoms with Gasteiger partial charge in [0.1, 0.15) is 0 Å². The van der Waals surface area contributed by atoms with Crippen molar-refractivity contribution in [2.75, 3.05) is 25.0 Å². The molecule has 1 aliphatic heterocycles. The molecule has 0 unspecified atom stereocenters. The SMILES string of the molecule is CCOC(=O)N1CCC[C@H](C(=O)Nc2ccc(-c3csc(C)n3)cc2)C1. The summed E-state index contributed by atoms with van der Waals surface area (Å²) in [7, 11) is 0. The van der Waals surface area contributed by atoms with Crippen LogP contribution in [0.5, 0.6) is 0 Å². The number of nitrogens with zero attached hydrogens (tertiary/aromatic N) is 2. The summed E-state index contributed by atoms with van der Waals surface area (Å²) >= 11 is 1.62. The number of aryl methyl sites for hydroxylation is 1. The number of thiazole rings is 1. The molecule has 0 spiro atoms. The number of piperidine rings is 1. The van der Waals surface area contributed by atoms with Gasteiger partial charge in [0.25, 0.3) is 0 Å². The van der Waals surface area contributed by atoms with Gasteiger partial charge in [-0.2, -0.15) is 0 Å². The summed E-state index contributed by atoms with van der Waals surface area (Å²) in [6.45, 7) is 5.15. The van der Waals surface area contributed by atoms with Gasteiger partial charge in [0, 0.05) is 29.7 Å². The van der Waals surface area contributed by atoms with E-state index in [2.05, 4.69) is 10.3 Å². The molecule has 1 fully saturated rings. The van der Waals surface area contributed by atoms with Crippen LogP contribution in [-0.4, -0.2) is 41.6 Å². The van der Waals surface area contributed by atoms with Crippen LogP contribution >= 0.6 is 11.3 Å².